The summed E-state index contributed by atoms with van der Waals surface area (Å²) < 4.78 is 8.56. The second-order valence-electron chi connectivity index (χ2n) is 4.77. The van der Waals surface area contributed by atoms with Crippen LogP contribution in [0.4, 0.5) is 0 Å². The second-order valence-corrected chi connectivity index (χ2v) is 5.65. The van der Waals surface area contributed by atoms with Crippen LogP contribution in [0.25, 0.3) is 0 Å². The van der Waals surface area contributed by atoms with Crippen molar-refractivity contribution in [3.63, 3.8) is 0 Å². The van der Waals surface area contributed by atoms with Crippen molar-refractivity contribution >= 4 is 17.9 Å². The van der Waals surface area contributed by atoms with Gasteiger partial charge in [0.2, 0.25) is 0 Å². The smallest absolute Gasteiger partial charge is 0.339 e. The van der Waals surface area contributed by atoms with E-state index in [2.05, 4.69) is 4.72 Å². The third kappa shape index (κ3) is 4.25. The Labute approximate surface area is 119 Å². The quantitative estimate of drug-likeness (QED) is 0.657. The molecule has 1 aromatic carbocycles. The van der Waals surface area contributed by atoms with Gasteiger partial charge in [-0.05, 0) is 43.8 Å². The Balaban J connectivity index is 1.97. The summed E-state index contributed by atoms with van der Waals surface area (Å²) in [7, 11) is 0. The second kappa shape index (κ2) is 7.56. The van der Waals surface area contributed by atoms with Crippen LogP contribution in [0.5, 0.6) is 0 Å². The van der Waals surface area contributed by atoms with Gasteiger partial charge < -0.3 is 4.74 Å². The van der Waals surface area contributed by atoms with E-state index >= 15 is 0 Å². The molecule has 0 amide bonds. The third-order valence-electron chi connectivity index (χ3n) is 3.32. The maximum Gasteiger partial charge on any atom is 0.339 e. The molecule has 0 unspecified atom stereocenters. The number of benzene rings is 1. The molecule has 1 N–H and O–H groups in total. The van der Waals surface area contributed by atoms with Gasteiger partial charge in [0, 0.05) is 10.9 Å². The van der Waals surface area contributed by atoms with Crippen LogP contribution in [0.1, 0.15) is 49.4 Å². The van der Waals surface area contributed by atoms with E-state index in [0.29, 0.717) is 18.2 Å². The first-order chi connectivity index (χ1) is 9.31. The number of rotatable bonds is 5. The predicted molar refractivity (Wildman–Crippen MR) is 78.3 cm³/mol. The summed E-state index contributed by atoms with van der Waals surface area (Å²) in [6.07, 6.45) is 6.42. The van der Waals surface area contributed by atoms with Gasteiger partial charge in [0.05, 0.1) is 12.2 Å². The van der Waals surface area contributed by atoms with Crippen molar-refractivity contribution in [2.45, 2.75) is 50.0 Å². The Bertz CT molecular complexity index is 416. The van der Waals surface area contributed by atoms with Crippen LogP contribution in [0.2, 0.25) is 0 Å². The Hall–Kier alpha value is -1.00. The van der Waals surface area contributed by atoms with Gasteiger partial charge in [-0.1, -0.05) is 31.4 Å². The lowest BCUT2D eigenvalue weighted by Crippen LogP contribution is -2.25. The topological polar surface area (TPSA) is 38.3 Å². The van der Waals surface area contributed by atoms with Crippen molar-refractivity contribution in [2.24, 2.45) is 0 Å². The average Bonchev–Trinajstić information content (AvgIpc) is 2.47. The molecule has 0 saturated heterocycles. The maximum absolute atomic E-state index is 11.9. The van der Waals surface area contributed by atoms with Gasteiger partial charge in [0.25, 0.3) is 0 Å². The van der Waals surface area contributed by atoms with E-state index < -0.39 is 0 Å². The molecule has 0 aliphatic heterocycles. The van der Waals surface area contributed by atoms with Crippen molar-refractivity contribution in [2.75, 3.05) is 6.61 Å². The first-order valence-electron chi connectivity index (χ1n) is 6.99. The molecule has 0 heterocycles. The molecule has 3 nitrogen and oxygen atoms in total. The van der Waals surface area contributed by atoms with E-state index in [-0.39, 0.29) is 5.97 Å². The molecular weight excluding hydrogens is 258 g/mol. The molecule has 0 atom stereocenters. The Morgan fingerprint density at radius 2 is 2.05 bits per heavy atom. The molecule has 1 aromatic rings. The van der Waals surface area contributed by atoms with Gasteiger partial charge in [0.15, 0.2) is 0 Å². The van der Waals surface area contributed by atoms with Crippen LogP contribution in [-0.2, 0) is 4.74 Å². The SMILES string of the molecule is CCOC(=O)c1ccccc1SNC1CCCCC1. The van der Waals surface area contributed by atoms with Crippen molar-refractivity contribution in [1.82, 2.24) is 4.72 Å². The van der Waals surface area contributed by atoms with Crippen molar-refractivity contribution in [1.29, 1.82) is 0 Å². The highest BCUT2D eigenvalue weighted by Crippen LogP contribution is 2.25. The van der Waals surface area contributed by atoms with E-state index in [9.17, 15) is 4.79 Å². The van der Waals surface area contributed by atoms with Gasteiger partial charge in [-0.2, -0.15) is 0 Å². The highest BCUT2D eigenvalue weighted by molar-refractivity contribution is 7.97. The summed E-state index contributed by atoms with van der Waals surface area (Å²) in [5.74, 6) is -0.240. The molecule has 19 heavy (non-hydrogen) atoms. The normalized spacial score (nSPS) is 16.3. The largest absolute Gasteiger partial charge is 0.462 e. The first-order valence-corrected chi connectivity index (χ1v) is 7.81. The van der Waals surface area contributed by atoms with Gasteiger partial charge in [-0.3, -0.25) is 4.72 Å². The number of nitrogens with one attached hydrogen (secondary N) is 1. The fraction of sp³-hybridized carbons (Fsp3) is 0.533. The maximum atomic E-state index is 11.9. The lowest BCUT2D eigenvalue weighted by molar-refractivity contribution is 0.0522. The van der Waals surface area contributed by atoms with E-state index in [4.69, 9.17) is 4.74 Å². The van der Waals surface area contributed by atoms with E-state index in [1.54, 1.807) is 11.9 Å². The van der Waals surface area contributed by atoms with Crippen LogP contribution in [0.3, 0.4) is 0 Å². The van der Waals surface area contributed by atoms with Gasteiger partial charge in [0.1, 0.15) is 0 Å². The highest BCUT2D eigenvalue weighted by Gasteiger charge is 2.16. The molecule has 0 aromatic heterocycles. The predicted octanol–water partition coefficient (Wildman–Crippen LogP) is 3.79. The standard InChI is InChI=1S/C15H21NO2S/c1-2-18-15(17)13-10-6-7-11-14(13)19-16-12-8-4-3-5-9-12/h6-7,10-12,16H,2-5,8-9H2,1H3. The third-order valence-corrected chi connectivity index (χ3v) is 4.35. The van der Waals surface area contributed by atoms with Crippen LogP contribution >= 0.6 is 11.9 Å². The molecule has 4 heteroatoms. The summed E-state index contributed by atoms with van der Waals surface area (Å²) in [4.78, 5) is 12.8. The minimum absolute atomic E-state index is 0.240. The van der Waals surface area contributed by atoms with Gasteiger partial charge in [-0.25, -0.2) is 4.79 Å². The first kappa shape index (κ1) is 14.4. The van der Waals surface area contributed by atoms with Crippen LogP contribution in [0.15, 0.2) is 29.2 Å². The number of esters is 1. The summed E-state index contributed by atoms with van der Waals surface area (Å²) >= 11 is 1.56. The van der Waals surface area contributed by atoms with Crippen LogP contribution in [-0.4, -0.2) is 18.6 Å². The van der Waals surface area contributed by atoms with E-state index in [1.807, 2.05) is 31.2 Å². The number of ether oxygens (including phenoxy) is 1. The molecule has 2 rings (SSSR count). The van der Waals surface area contributed by atoms with Crippen LogP contribution < -0.4 is 4.72 Å². The molecule has 1 aliphatic carbocycles. The highest BCUT2D eigenvalue weighted by atomic mass is 32.2. The molecule has 1 saturated carbocycles. The van der Waals surface area contributed by atoms with Crippen molar-refractivity contribution in [3.8, 4) is 0 Å². The summed E-state index contributed by atoms with van der Waals surface area (Å²) in [6.45, 7) is 2.24. The van der Waals surface area contributed by atoms with Crippen molar-refractivity contribution < 1.29 is 9.53 Å². The summed E-state index contributed by atoms with van der Waals surface area (Å²) in [5.41, 5.74) is 0.651. The van der Waals surface area contributed by atoms with E-state index in [1.165, 1.54) is 32.1 Å². The Kier molecular flexibility index (Phi) is 5.73. The zero-order valence-corrected chi connectivity index (χ0v) is 12.2. The Morgan fingerprint density at radius 3 is 2.79 bits per heavy atom. The van der Waals surface area contributed by atoms with Gasteiger partial charge >= 0.3 is 5.97 Å². The zero-order valence-electron chi connectivity index (χ0n) is 11.4. The van der Waals surface area contributed by atoms with E-state index in [0.717, 1.165) is 4.90 Å². The molecule has 1 aliphatic rings. The number of hydrogen-bond acceptors (Lipinski definition) is 4. The number of hydrogen-bond donors (Lipinski definition) is 1. The van der Waals surface area contributed by atoms with Gasteiger partial charge in [-0.15, -0.1) is 0 Å². The summed E-state index contributed by atoms with van der Waals surface area (Å²) in [5, 5.41) is 0. The lowest BCUT2D eigenvalue weighted by atomic mass is 9.96. The van der Waals surface area contributed by atoms with Crippen molar-refractivity contribution in [3.05, 3.63) is 29.8 Å². The van der Waals surface area contributed by atoms with Crippen LogP contribution in [0, 0.1) is 0 Å². The monoisotopic (exact) mass is 279 g/mol. The minimum Gasteiger partial charge on any atom is -0.462 e. The molecule has 0 spiro atoms. The summed E-state index contributed by atoms with van der Waals surface area (Å²) in [6, 6.07) is 8.18. The number of carbonyl (C=O) groups excluding carboxylic acids is 1. The molecule has 0 bridgehead atoms. The molecule has 104 valence electrons. The fourth-order valence-corrected chi connectivity index (χ4v) is 3.24. The Morgan fingerprint density at radius 1 is 1.32 bits per heavy atom. The fourth-order valence-electron chi connectivity index (χ4n) is 2.30. The molecule has 0 radical (unpaired) electrons. The number of carbonyl (C=O) groups is 1. The zero-order chi connectivity index (χ0) is 13.5. The minimum atomic E-state index is -0.240. The molecular formula is C15H21NO2S. The average molecular weight is 279 g/mol. The lowest BCUT2D eigenvalue weighted by Gasteiger charge is -2.22. The molecule has 1 fully saturated rings.